The first-order valence-corrected chi connectivity index (χ1v) is 8.89. The largest absolute Gasteiger partial charge is 0.460 e. The van der Waals surface area contributed by atoms with E-state index in [0.29, 0.717) is 11.3 Å². The second-order valence-corrected chi connectivity index (χ2v) is 8.13. The van der Waals surface area contributed by atoms with Crippen LogP contribution >= 0.6 is 0 Å². The first-order valence-electron chi connectivity index (χ1n) is 8.89. The number of esters is 1. The average molecular weight is 344 g/mol. The maximum Gasteiger partial charge on any atom is 0.331 e. The Hall–Kier alpha value is -1.88. The molecule has 25 heavy (non-hydrogen) atoms. The number of aryl methyl sites for hydroxylation is 1. The van der Waals surface area contributed by atoms with Crippen LogP contribution < -0.4 is 0 Å². The molecule has 2 fully saturated rings. The minimum absolute atomic E-state index is 0.0934. The summed E-state index contributed by atoms with van der Waals surface area (Å²) in [5, 5.41) is 0. The molecule has 0 aromatic carbocycles. The van der Waals surface area contributed by atoms with E-state index in [-0.39, 0.29) is 17.8 Å². The van der Waals surface area contributed by atoms with Crippen LogP contribution in [0.25, 0.3) is 0 Å². The van der Waals surface area contributed by atoms with E-state index >= 15 is 0 Å². The molecular formula is C20H24O5. The highest BCUT2D eigenvalue weighted by Crippen LogP contribution is 2.69. The first-order chi connectivity index (χ1) is 11.7. The lowest BCUT2D eigenvalue weighted by atomic mass is 9.53. The molecule has 1 aliphatic heterocycles. The number of Topliss-reactive ketones (excluding diaryl/α,β-unsaturated/α-hetero) is 1. The van der Waals surface area contributed by atoms with Gasteiger partial charge in [0.15, 0.2) is 11.4 Å². The van der Waals surface area contributed by atoms with Crippen molar-refractivity contribution in [2.24, 2.45) is 11.3 Å². The molecule has 4 rings (SSSR count). The number of carbonyl (C=O) groups excluding carboxylic acids is 2. The van der Waals surface area contributed by atoms with E-state index in [9.17, 15) is 9.59 Å². The second-order valence-electron chi connectivity index (χ2n) is 8.13. The third-order valence-electron chi connectivity index (χ3n) is 6.42. The maximum atomic E-state index is 13.2. The molecule has 2 heterocycles. The lowest BCUT2D eigenvalue weighted by molar-refractivity contribution is -0.159. The van der Waals surface area contributed by atoms with E-state index in [2.05, 4.69) is 6.92 Å². The summed E-state index contributed by atoms with van der Waals surface area (Å²) < 4.78 is 17.5. The first kappa shape index (κ1) is 16.6. The zero-order chi connectivity index (χ0) is 18.1. The molecule has 1 spiro atoms. The van der Waals surface area contributed by atoms with Gasteiger partial charge in [0, 0.05) is 11.6 Å². The van der Waals surface area contributed by atoms with Crippen LogP contribution in [0.15, 0.2) is 22.3 Å². The SMILES string of the molecule is CC(C)=CC(=O)O[C@@H]1c2c(C)coc2C(=O)[C@@]23O[C@@H]2CC[C@H](C)[C@@]13C. The van der Waals surface area contributed by atoms with E-state index in [4.69, 9.17) is 13.9 Å². The van der Waals surface area contributed by atoms with Crippen LogP contribution in [0.4, 0.5) is 0 Å². The van der Waals surface area contributed by atoms with Crippen LogP contribution in [0, 0.1) is 18.3 Å². The predicted molar refractivity (Wildman–Crippen MR) is 90.1 cm³/mol. The lowest BCUT2D eigenvalue weighted by Crippen LogP contribution is -2.57. The van der Waals surface area contributed by atoms with Gasteiger partial charge in [-0.2, -0.15) is 0 Å². The molecule has 0 bridgehead atoms. The summed E-state index contributed by atoms with van der Waals surface area (Å²) in [6.45, 7) is 9.75. The summed E-state index contributed by atoms with van der Waals surface area (Å²) in [5.41, 5.74) is 0.900. The van der Waals surface area contributed by atoms with Crippen molar-refractivity contribution < 1.29 is 23.5 Å². The normalized spacial score (nSPS) is 38.3. The van der Waals surface area contributed by atoms with Crippen LogP contribution in [-0.4, -0.2) is 23.5 Å². The Labute approximate surface area is 147 Å². The summed E-state index contributed by atoms with van der Waals surface area (Å²) in [5.74, 6) is -0.00913. The highest BCUT2D eigenvalue weighted by atomic mass is 16.6. The molecule has 134 valence electrons. The molecule has 2 aliphatic carbocycles. The maximum absolute atomic E-state index is 13.2. The van der Waals surface area contributed by atoms with Gasteiger partial charge in [0.25, 0.3) is 0 Å². The number of allylic oxidation sites excluding steroid dienone is 1. The topological polar surface area (TPSA) is 69.0 Å². The van der Waals surface area contributed by atoms with Gasteiger partial charge < -0.3 is 13.9 Å². The second kappa shape index (κ2) is 5.07. The van der Waals surface area contributed by atoms with Crippen molar-refractivity contribution in [1.82, 2.24) is 0 Å². The standard InChI is InChI=1S/C20H24O5/c1-10(2)8-14(21)24-18-15-11(3)9-23-16(15)17(22)20-13(25-20)7-6-12(4)19(18,20)5/h8-9,12-13,18H,6-7H2,1-5H3/t12-,13+,18+,19-,20-/m0/s1. The highest BCUT2D eigenvalue weighted by Gasteiger charge is 2.80. The van der Waals surface area contributed by atoms with Crippen molar-refractivity contribution in [1.29, 1.82) is 0 Å². The Morgan fingerprint density at radius 2 is 2.08 bits per heavy atom. The number of hydrogen-bond donors (Lipinski definition) is 0. The number of furan rings is 1. The summed E-state index contributed by atoms with van der Waals surface area (Å²) in [7, 11) is 0. The number of ketones is 1. The van der Waals surface area contributed by atoms with E-state index in [0.717, 1.165) is 24.0 Å². The molecule has 1 aromatic heterocycles. The predicted octanol–water partition coefficient (Wildman–Crippen LogP) is 3.91. The molecule has 0 amide bonds. The molecule has 0 radical (unpaired) electrons. The smallest absolute Gasteiger partial charge is 0.331 e. The molecule has 5 nitrogen and oxygen atoms in total. The molecule has 1 saturated heterocycles. The van der Waals surface area contributed by atoms with Gasteiger partial charge in [-0.25, -0.2) is 4.79 Å². The zero-order valence-electron chi connectivity index (χ0n) is 15.3. The van der Waals surface area contributed by atoms with Gasteiger partial charge in [-0.05, 0) is 45.1 Å². The van der Waals surface area contributed by atoms with Gasteiger partial charge in [0.1, 0.15) is 6.10 Å². The number of fused-ring (bicyclic) bond motifs is 1. The molecule has 1 aromatic rings. The van der Waals surface area contributed by atoms with Crippen molar-refractivity contribution in [3.63, 3.8) is 0 Å². The quantitative estimate of drug-likeness (QED) is 0.462. The fourth-order valence-corrected chi connectivity index (χ4v) is 4.88. The Bertz CT molecular complexity index is 799. The van der Waals surface area contributed by atoms with Crippen molar-refractivity contribution in [3.05, 3.63) is 34.8 Å². The van der Waals surface area contributed by atoms with Crippen molar-refractivity contribution in [2.75, 3.05) is 0 Å². The Balaban J connectivity index is 1.88. The van der Waals surface area contributed by atoms with Gasteiger partial charge in [0.05, 0.1) is 17.8 Å². The van der Waals surface area contributed by atoms with Crippen molar-refractivity contribution in [3.8, 4) is 0 Å². The molecule has 3 aliphatic rings. The fraction of sp³-hybridized carbons (Fsp3) is 0.600. The van der Waals surface area contributed by atoms with Crippen LogP contribution in [-0.2, 0) is 14.3 Å². The molecule has 0 unspecified atom stereocenters. The van der Waals surface area contributed by atoms with Gasteiger partial charge in [-0.15, -0.1) is 0 Å². The number of hydrogen-bond acceptors (Lipinski definition) is 5. The van der Waals surface area contributed by atoms with Crippen LogP contribution in [0.1, 0.15) is 68.3 Å². The number of carbonyl (C=O) groups is 2. The van der Waals surface area contributed by atoms with Crippen molar-refractivity contribution >= 4 is 11.8 Å². The van der Waals surface area contributed by atoms with Gasteiger partial charge >= 0.3 is 5.97 Å². The minimum atomic E-state index is -0.919. The minimum Gasteiger partial charge on any atom is -0.460 e. The molecule has 5 heteroatoms. The van der Waals surface area contributed by atoms with Crippen LogP contribution in [0.5, 0.6) is 0 Å². The monoisotopic (exact) mass is 344 g/mol. The number of epoxide rings is 1. The molecule has 1 saturated carbocycles. The lowest BCUT2D eigenvalue weighted by Gasteiger charge is -2.49. The number of rotatable bonds is 2. The van der Waals surface area contributed by atoms with E-state index in [1.54, 1.807) is 6.26 Å². The Morgan fingerprint density at radius 1 is 1.36 bits per heavy atom. The Kier molecular flexibility index (Phi) is 3.36. The fourth-order valence-electron chi connectivity index (χ4n) is 4.88. The van der Waals surface area contributed by atoms with E-state index < -0.39 is 23.1 Å². The third-order valence-corrected chi connectivity index (χ3v) is 6.42. The summed E-state index contributed by atoms with van der Waals surface area (Å²) in [4.78, 5) is 25.6. The average Bonchev–Trinajstić information content (AvgIpc) is 3.16. The van der Waals surface area contributed by atoms with Gasteiger partial charge in [0.2, 0.25) is 5.78 Å². The summed E-state index contributed by atoms with van der Waals surface area (Å²) in [6.07, 6.45) is 4.20. The van der Waals surface area contributed by atoms with Crippen molar-refractivity contribution in [2.45, 2.75) is 65.3 Å². The van der Waals surface area contributed by atoms with Crippen LogP contribution in [0.3, 0.4) is 0 Å². The molecular weight excluding hydrogens is 320 g/mol. The zero-order valence-corrected chi connectivity index (χ0v) is 15.3. The molecule has 5 atom stereocenters. The van der Waals surface area contributed by atoms with E-state index in [1.165, 1.54) is 6.08 Å². The van der Waals surface area contributed by atoms with Gasteiger partial charge in [-0.3, -0.25) is 4.79 Å². The number of ether oxygens (including phenoxy) is 2. The third kappa shape index (κ3) is 1.93. The van der Waals surface area contributed by atoms with Crippen LogP contribution in [0.2, 0.25) is 0 Å². The molecule has 0 N–H and O–H groups in total. The van der Waals surface area contributed by atoms with Gasteiger partial charge in [-0.1, -0.05) is 19.4 Å². The van der Waals surface area contributed by atoms with E-state index in [1.807, 2.05) is 27.7 Å². The summed E-state index contributed by atoms with van der Waals surface area (Å²) >= 11 is 0. The summed E-state index contributed by atoms with van der Waals surface area (Å²) in [6, 6.07) is 0. The highest BCUT2D eigenvalue weighted by molar-refractivity contribution is 6.06. The Morgan fingerprint density at radius 3 is 2.76 bits per heavy atom.